The van der Waals surface area contributed by atoms with Crippen molar-refractivity contribution in [1.29, 1.82) is 0 Å². The Hall–Kier alpha value is -4.74. The highest BCUT2D eigenvalue weighted by Crippen LogP contribution is 2.34. The summed E-state index contributed by atoms with van der Waals surface area (Å²) in [5.74, 6) is 0. The minimum absolute atomic E-state index is 0.231. The van der Waals surface area contributed by atoms with Gasteiger partial charge in [0.1, 0.15) is 11.2 Å². The Morgan fingerprint density at radius 1 is 0.600 bits per heavy atom. The van der Waals surface area contributed by atoms with E-state index in [0.717, 1.165) is 51.9 Å². The van der Waals surface area contributed by atoms with Crippen molar-refractivity contribution < 1.29 is 29.1 Å². The van der Waals surface area contributed by atoms with Gasteiger partial charge < -0.3 is 39.1 Å². The molecule has 0 aliphatic carbocycles. The van der Waals surface area contributed by atoms with Crippen LogP contribution in [0.2, 0.25) is 0 Å². The third-order valence-electron chi connectivity index (χ3n) is 9.32. The molecule has 2 aromatic heterocycles. The lowest BCUT2D eigenvalue weighted by Gasteiger charge is -2.35. The van der Waals surface area contributed by atoms with Crippen molar-refractivity contribution in [2.24, 2.45) is 0 Å². The predicted octanol–water partition coefficient (Wildman–Crippen LogP) is 8.50. The zero-order valence-corrected chi connectivity index (χ0v) is 38.1. The Morgan fingerprint density at radius 2 is 1.03 bits per heavy atom. The Balaban J connectivity index is 0.000000169. The van der Waals surface area contributed by atoms with E-state index in [1.807, 2.05) is 65.8 Å². The number of ether oxygens (including phenoxy) is 2. The second-order valence-corrected chi connectivity index (χ2v) is 19.3. The number of aromatic nitrogens is 2. The van der Waals surface area contributed by atoms with E-state index in [2.05, 4.69) is 74.3 Å². The van der Waals surface area contributed by atoms with Crippen molar-refractivity contribution in [3.63, 3.8) is 0 Å². The molecule has 16 heteroatoms. The molecule has 4 aromatic carbocycles. The number of anilines is 2. The van der Waals surface area contributed by atoms with Crippen LogP contribution in [0.4, 0.5) is 19.9 Å². The fraction of sp³-hybridized carbons (Fsp3) is 0.364. The zero-order valence-electron chi connectivity index (χ0n) is 34.9. The molecule has 2 fully saturated rings. The summed E-state index contributed by atoms with van der Waals surface area (Å²) in [4.78, 5) is 41.9. The number of nitrogens with zero attached hydrogens (tertiary/aromatic N) is 6. The van der Waals surface area contributed by atoms with Gasteiger partial charge in [0.25, 0.3) is 0 Å². The van der Waals surface area contributed by atoms with Gasteiger partial charge in [-0.1, -0.05) is 105 Å². The maximum atomic E-state index is 12.2. The maximum Gasteiger partial charge on any atom is 0.488 e. The van der Waals surface area contributed by atoms with Gasteiger partial charge in [-0.2, -0.15) is 0 Å². The van der Waals surface area contributed by atoms with Crippen molar-refractivity contribution >= 4 is 94.1 Å². The number of hydrogen-bond donors (Lipinski definition) is 2. The fourth-order valence-corrected chi connectivity index (χ4v) is 8.94. The standard InChI is InChI=1S/C22H25N3O2S.C16H20BrN3O2S.C6H7BO2/c1-22(2,3)27-21(26)25-13-11-24(12-14-25)20-23-18-10-9-17(15-19(18)28-20)16-7-5-4-6-8-16;1-16(2,3)22-15(21)20-8-6-19(7-9-20)14-18-12-5-4-11(17)10-13(12)23-14;8-7(9)6-4-2-1-3-5-6/h4-10,15H,11-14H2,1-3H3;4-5,10H,6-9H2,1-3H3;1-5,8-9H. The quantitative estimate of drug-likeness (QED) is 0.166. The topological polar surface area (TPSA) is 132 Å². The number of piperazine rings is 2. The summed E-state index contributed by atoms with van der Waals surface area (Å²) in [6.07, 6.45) is -0.464. The van der Waals surface area contributed by atoms with Gasteiger partial charge in [0.2, 0.25) is 0 Å². The molecular formula is C44H52BBrN6O6S2. The third-order valence-corrected chi connectivity index (χ3v) is 12.0. The Morgan fingerprint density at radius 3 is 1.47 bits per heavy atom. The molecule has 12 nitrogen and oxygen atoms in total. The number of carbonyl (C=O) groups is 2. The second kappa shape index (κ2) is 19.8. The molecule has 2 N–H and O–H groups in total. The van der Waals surface area contributed by atoms with Crippen LogP contribution in [0.25, 0.3) is 31.6 Å². The van der Waals surface area contributed by atoms with Gasteiger partial charge in [0, 0.05) is 56.8 Å². The zero-order chi connectivity index (χ0) is 43.0. The first-order valence-electron chi connectivity index (χ1n) is 19.9. The highest BCUT2D eigenvalue weighted by Gasteiger charge is 2.28. The maximum absolute atomic E-state index is 12.2. The number of thiazole rings is 2. The smallest absolute Gasteiger partial charge is 0.444 e. The molecule has 60 heavy (non-hydrogen) atoms. The van der Waals surface area contributed by atoms with E-state index in [1.54, 1.807) is 56.7 Å². The summed E-state index contributed by atoms with van der Waals surface area (Å²) in [6.45, 7) is 17.1. The molecule has 2 saturated heterocycles. The highest BCUT2D eigenvalue weighted by molar-refractivity contribution is 9.10. The van der Waals surface area contributed by atoms with Gasteiger partial charge in [-0.3, -0.25) is 0 Å². The number of amides is 2. The molecule has 0 radical (unpaired) electrons. The van der Waals surface area contributed by atoms with Gasteiger partial charge in [0.15, 0.2) is 10.3 Å². The molecule has 0 atom stereocenters. The van der Waals surface area contributed by atoms with Crippen LogP contribution in [-0.4, -0.2) is 113 Å². The average molecular weight is 916 g/mol. The molecule has 2 aliphatic rings. The van der Waals surface area contributed by atoms with Crippen LogP contribution in [0.1, 0.15) is 41.5 Å². The number of carbonyl (C=O) groups excluding carboxylic acids is 2. The lowest BCUT2D eigenvalue weighted by atomic mass is 9.81. The Bertz CT molecular complexity index is 2340. The molecule has 0 bridgehead atoms. The minimum atomic E-state index is -1.34. The lowest BCUT2D eigenvalue weighted by molar-refractivity contribution is 0.0230. The van der Waals surface area contributed by atoms with Crippen molar-refractivity contribution in [2.75, 3.05) is 62.2 Å². The Kier molecular flexibility index (Phi) is 14.8. The van der Waals surface area contributed by atoms with Crippen LogP contribution in [-0.2, 0) is 9.47 Å². The molecule has 316 valence electrons. The fourth-order valence-electron chi connectivity index (χ4n) is 6.32. The molecule has 0 spiro atoms. The number of hydrogen-bond acceptors (Lipinski definition) is 12. The number of rotatable bonds is 4. The van der Waals surface area contributed by atoms with Crippen LogP contribution in [0.3, 0.4) is 0 Å². The van der Waals surface area contributed by atoms with Crippen LogP contribution in [0.5, 0.6) is 0 Å². The van der Waals surface area contributed by atoms with Crippen molar-refractivity contribution in [2.45, 2.75) is 52.7 Å². The molecule has 8 rings (SSSR count). The normalized spacial score (nSPS) is 14.6. The summed E-state index contributed by atoms with van der Waals surface area (Å²) in [5.41, 5.74) is 4.07. The Labute approximate surface area is 368 Å². The average Bonchev–Trinajstić information content (AvgIpc) is 3.85. The lowest BCUT2D eigenvalue weighted by Crippen LogP contribution is -2.50. The van der Waals surface area contributed by atoms with Crippen LogP contribution < -0.4 is 15.3 Å². The van der Waals surface area contributed by atoms with Crippen molar-refractivity contribution in [3.8, 4) is 11.1 Å². The van der Waals surface area contributed by atoms with Gasteiger partial charge >= 0.3 is 19.3 Å². The SMILES string of the molecule is CC(C)(C)OC(=O)N1CCN(c2nc3ccc(-c4ccccc4)cc3s2)CC1.CC(C)(C)OC(=O)N1CCN(c2nc3ccc(Br)cc3s2)CC1.OB(O)c1ccccc1. The number of benzene rings is 4. The van der Waals surface area contributed by atoms with Crippen molar-refractivity contribution in [1.82, 2.24) is 19.8 Å². The van der Waals surface area contributed by atoms with E-state index in [4.69, 9.17) is 29.5 Å². The van der Waals surface area contributed by atoms with E-state index in [-0.39, 0.29) is 12.2 Å². The van der Waals surface area contributed by atoms with Gasteiger partial charge in [-0.25, -0.2) is 19.6 Å². The molecule has 0 unspecified atom stereocenters. The van der Waals surface area contributed by atoms with Crippen LogP contribution >= 0.6 is 38.6 Å². The van der Waals surface area contributed by atoms with E-state index < -0.39 is 18.3 Å². The van der Waals surface area contributed by atoms with E-state index in [9.17, 15) is 9.59 Å². The molecule has 2 amide bonds. The monoisotopic (exact) mass is 914 g/mol. The molecular weight excluding hydrogens is 863 g/mol. The summed E-state index contributed by atoms with van der Waals surface area (Å²) in [5, 5.41) is 19.2. The summed E-state index contributed by atoms with van der Waals surface area (Å²) < 4.78 is 14.3. The van der Waals surface area contributed by atoms with Crippen LogP contribution in [0, 0.1) is 0 Å². The molecule has 6 aromatic rings. The highest BCUT2D eigenvalue weighted by atomic mass is 79.9. The first-order valence-corrected chi connectivity index (χ1v) is 22.3. The van der Waals surface area contributed by atoms with Gasteiger partial charge in [-0.15, -0.1) is 0 Å². The first-order chi connectivity index (χ1) is 28.5. The number of halogens is 1. The molecule has 2 aliphatic heterocycles. The molecule has 0 saturated carbocycles. The summed E-state index contributed by atoms with van der Waals surface area (Å²) >= 11 is 6.89. The predicted molar refractivity (Wildman–Crippen MR) is 249 cm³/mol. The van der Waals surface area contributed by atoms with Gasteiger partial charge in [0.05, 0.1) is 20.4 Å². The van der Waals surface area contributed by atoms with Crippen molar-refractivity contribution in [3.05, 3.63) is 102 Å². The number of fused-ring (bicyclic) bond motifs is 2. The van der Waals surface area contributed by atoms with E-state index >= 15 is 0 Å². The van der Waals surface area contributed by atoms with E-state index in [1.165, 1.54) is 20.5 Å². The minimum Gasteiger partial charge on any atom is -0.444 e. The largest absolute Gasteiger partial charge is 0.488 e. The molecule has 4 heterocycles. The van der Waals surface area contributed by atoms with E-state index in [0.29, 0.717) is 31.6 Å². The van der Waals surface area contributed by atoms with Crippen LogP contribution in [0.15, 0.2) is 102 Å². The third kappa shape index (κ3) is 12.6. The first kappa shape index (κ1) is 44.8. The summed E-state index contributed by atoms with van der Waals surface area (Å²) in [6, 6.07) is 31.6. The van der Waals surface area contributed by atoms with Gasteiger partial charge in [-0.05, 0) is 88.5 Å². The second-order valence-electron chi connectivity index (χ2n) is 16.3. The summed E-state index contributed by atoms with van der Waals surface area (Å²) in [7, 11) is -1.34.